The lowest BCUT2D eigenvalue weighted by atomic mass is 9.51. The molecule has 114 valence electrons. The van der Waals surface area contributed by atoms with Crippen molar-refractivity contribution in [1.29, 1.82) is 0 Å². The van der Waals surface area contributed by atoms with Gasteiger partial charge in [0.2, 0.25) is 5.91 Å². The molecule has 0 N–H and O–H groups in total. The first-order valence-electron chi connectivity index (χ1n) is 8.38. The van der Waals surface area contributed by atoms with E-state index in [0.717, 1.165) is 32.1 Å². The van der Waals surface area contributed by atoms with Gasteiger partial charge in [-0.05, 0) is 43.4 Å². The number of fused-ring (bicyclic) bond motifs is 5. The average molecular weight is 287 g/mol. The second-order valence-corrected chi connectivity index (χ2v) is 8.17. The monoisotopic (exact) mass is 287 g/mol. The standard InChI is InChI=1S/C18H25NO2/c1-17-9-8-13-11(12(17)5-7-15(17)20)4-6-14-18(13,2)10-16(21)19(14)3/h6,11-13H,4-5,7-10H2,1-3H3. The van der Waals surface area contributed by atoms with E-state index in [0.29, 0.717) is 30.0 Å². The minimum absolute atomic E-state index is 0.0156. The smallest absolute Gasteiger partial charge is 0.227 e. The Morgan fingerprint density at radius 3 is 2.62 bits per heavy atom. The molecule has 0 aromatic rings. The fourth-order valence-corrected chi connectivity index (χ4v) is 6.16. The third kappa shape index (κ3) is 1.50. The average Bonchev–Trinajstić information content (AvgIpc) is 2.86. The van der Waals surface area contributed by atoms with E-state index < -0.39 is 0 Å². The fourth-order valence-electron chi connectivity index (χ4n) is 6.16. The van der Waals surface area contributed by atoms with Crippen molar-refractivity contribution in [3.8, 4) is 0 Å². The summed E-state index contributed by atoms with van der Waals surface area (Å²) in [6.07, 6.45) is 8.00. The number of rotatable bonds is 0. The zero-order valence-electron chi connectivity index (χ0n) is 13.3. The predicted octanol–water partition coefficient (Wildman–Crippen LogP) is 3.15. The van der Waals surface area contributed by atoms with Gasteiger partial charge < -0.3 is 4.90 Å². The van der Waals surface area contributed by atoms with Crippen LogP contribution >= 0.6 is 0 Å². The summed E-state index contributed by atoms with van der Waals surface area (Å²) in [6.45, 7) is 4.49. The van der Waals surface area contributed by atoms with Gasteiger partial charge >= 0.3 is 0 Å². The van der Waals surface area contributed by atoms with Gasteiger partial charge in [0.1, 0.15) is 5.78 Å². The molecule has 3 fully saturated rings. The van der Waals surface area contributed by atoms with Crippen molar-refractivity contribution in [2.45, 2.75) is 52.4 Å². The Labute approximate surface area is 126 Å². The van der Waals surface area contributed by atoms with Gasteiger partial charge in [-0.1, -0.05) is 19.9 Å². The van der Waals surface area contributed by atoms with Crippen LogP contribution in [0, 0.1) is 28.6 Å². The van der Waals surface area contributed by atoms with E-state index in [1.807, 2.05) is 11.9 Å². The number of hydrogen-bond acceptors (Lipinski definition) is 2. The SMILES string of the molecule is CN1C(=O)CC2(C)C1=CCC1C3CCC(=O)C3(C)CCC12. The quantitative estimate of drug-likeness (QED) is 0.686. The molecule has 4 rings (SSSR count). The van der Waals surface area contributed by atoms with E-state index in [1.165, 1.54) is 5.70 Å². The second kappa shape index (κ2) is 3.99. The van der Waals surface area contributed by atoms with E-state index >= 15 is 0 Å². The predicted molar refractivity (Wildman–Crippen MR) is 80.2 cm³/mol. The molecule has 1 amide bonds. The summed E-state index contributed by atoms with van der Waals surface area (Å²) in [5, 5.41) is 0. The van der Waals surface area contributed by atoms with E-state index in [2.05, 4.69) is 19.9 Å². The first-order chi connectivity index (χ1) is 9.88. The molecule has 0 aromatic heterocycles. The molecule has 0 radical (unpaired) electrons. The summed E-state index contributed by atoms with van der Waals surface area (Å²) in [5.41, 5.74) is 1.20. The highest BCUT2D eigenvalue weighted by molar-refractivity contribution is 5.87. The molecular formula is C18H25NO2. The van der Waals surface area contributed by atoms with E-state index in [4.69, 9.17) is 0 Å². The molecule has 2 saturated carbocycles. The molecule has 1 saturated heterocycles. The van der Waals surface area contributed by atoms with Crippen molar-refractivity contribution < 1.29 is 9.59 Å². The first-order valence-corrected chi connectivity index (χ1v) is 8.38. The Balaban J connectivity index is 1.74. The maximum absolute atomic E-state index is 12.3. The Morgan fingerprint density at radius 1 is 1.14 bits per heavy atom. The Kier molecular flexibility index (Phi) is 2.57. The first kappa shape index (κ1) is 13.5. The lowest BCUT2D eigenvalue weighted by molar-refractivity contribution is -0.132. The molecule has 5 unspecified atom stereocenters. The van der Waals surface area contributed by atoms with Gasteiger partial charge in [0.15, 0.2) is 0 Å². The Bertz CT molecular complexity index is 566. The number of likely N-dealkylation sites (tertiary alicyclic amines) is 1. The van der Waals surface area contributed by atoms with Crippen LogP contribution in [0.1, 0.15) is 52.4 Å². The van der Waals surface area contributed by atoms with Crippen LogP contribution in [0.2, 0.25) is 0 Å². The largest absolute Gasteiger partial charge is 0.319 e. The molecule has 3 heteroatoms. The van der Waals surface area contributed by atoms with Crippen LogP contribution in [0.5, 0.6) is 0 Å². The minimum Gasteiger partial charge on any atom is -0.319 e. The van der Waals surface area contributed by atoms with E-state index in [9.17, 15) is 9.59 Å². The van der Waals surface area contributed by atoms with Crippen molar-refractivity contribution in [2.24, 2.45) is 28.6 Å². The molecule has 1 heterocycles. The van der Waals surface area contributed by atoms with Crippen LogP contribution in [0.15, 0.2) is 11.8 Å². The zero-order valence-corrected chi connectivity index (χ0v) is 13.3. The van der Waals surface area contributed by atoms with Crippen molar-refractivity contribution in [2.75, 3.05) is 7.05 Å². The highest BCUT2D eigenvalue weighted by atomic mass is 16.2. The number of amides is 1. The fraction of sp³-hybridized carbons (Fsp3) is 0.778. The summed E-state index contributed by atoms with van der Waals surface area (Å²) in [7, 11) is 1.92. The van der Waals surface area contributed by atoms with Crippen LogP contribution in [0.25, 0.3) is 0 Å². The van der Waals surface area contributed by atoms with E-state index in [-0.39, 0.29) is 16.7 Å². The highest BCUT2D eigenvalue weighted by Gasteiger charge is 2.60. The van der Waals surface area contributed by atoms with Crippen LogP contribution in [-0.4, -0.2) is 23.6 Å². The number of carbonyl (C=O) groups is 2. The number of nitrogens with zero attached hydrogens (tertiary/aromatic N) is 1. The molecule has 0 aromatic carbocycles. The van der Waals surface area contributed by atoms with Gasteiger partial charge in [-0.25, -0.2) is 0 Å². The van der Waals surface area contributed by atoms with Gasteiger partial charge in [0.05, 0.1) is 0 Å². The van der Waals surface area contributed by atoms with Crippen LogP contribution in [0.4, 0.5) is 0 Å². The molecule has 4 aliphatic rings. The third-order valence-corrected chi connectivity index (χ3v) is 7.39. The van der Waals surface area contributed by atoms with Gasteiger partial charge in [-0.15, -0.1) is 0 Å². The summed E-state index contributed by atoms with van der Waals surface area (Å²) < 4.78 is 0. The molecular weight excluding hydrogens is 262 g/mol. The number of Topliss-reactive ketones (excluding diaryl/α,β-unsaturated/α-hetero) is 1. The normalized spacial score (nSPS) is 48.8. The summed E-state index contributed by atoms with van der Waals surface area (Å²) in [4.78, 5) is 26.4. The highest BCUT2D eigenvalue weighted by Crippen LogP contribution is 2.63. The van der Waals surface area contributed by atoms with Crippen molar-refractivity contribution in [1.82, 2.24) is 4.90 Å². The molecule has 21 heavy (non-hydrogen) atoms. The maximum Gasteiger partial charge on any atom is 0.227 e. The third-order valence-electron chi connectivity index (χ3n) is 7.39. The minimum atomic E-state index is -0.0720. The van der Waals surface area contributed by atoms with Crippen molar-refractivity contribution in [3.63, 3.8) is 0 Å². The van der Waals surface area contributed by atoms with E-state index in [1.54, 1.807) is 0 Å². The van der Waals surface area contributed by atoms with Gasteiger partial charge in [0.25, 0.3) is 0 Å². The lowest BCUT2D eigenvalue weighted by Crippen LogP contribution is -2.48. The number of hydrogen-bond donors (Lipinski definition) is 0. The number of allylic oxidation sites excluding steroid dienone is 2. The Hall–Kier alpha value is -1.12. The van der Waals surface area contributed by atoms with Crippen molar-refractivity contribution >= 4 is 11.7 Å². The van der Waals surface area contributed by atoms with Crippen LogP contribution in [0.3, 0.4) is 0 Å². The van der Waals surface area contributed by atoms with Gasteiger partial charge in [0, 0.05) is 36.4 Å². The summed E-state index contributed by atoms with van der Waals surface area (Å²) in [5.74, 6) is 2.48. The maximum atomic E-state index is 12.3. The summed E-state index contributed by atoms with van der Waals surface area (Å²) in [6, 6.07) is 0. The molecule has 0 bridgehead atoms. The second-order valence-electron chi connectivity index (χ2n) is 8.17. The molecule has 0 spiro atoms. The van der Waals surface area contributed by atoms with Crippen LogP contribution < -0.4 is 0 Å². The zero-order chi connectivity index (χ0) is 15.0. The van der Waals surface area contributed by atoms with Gasteiger partial charge in [-0.2, -0.15) is 0 Å². The molecule has 3 aliphatic carbocycles. The number of carbonyl (C=O) groups excluding carboxylic acids is 2. The topological polar surface area (TPSA) is 37.4 Å². The van der Waals surface area contributed by atoms with Crippen LogP contribution in [-0.2, 0) is 9.59 Å². The molecule has 3 nitrogen and oxygen atoms in total. The molecule has 5 atom stereocenters. The lowest BCUT2D eigenvalue weighted by Gasteiger charge is -2.53. The van der Waals surface area contributed by atoms with Gasteiger partial charge in [-0.3, -0.25) is 9.59 Å². The Morgan fingerprint density at radius 2 is 1.86 bits per heavy atom. The number of ketones is 1. The summed E-state index contributed by atoms with van der Waals surface area (Å²) >= 11 is 0. The molecule has 1 aliphatic heterocycles. The van der Waals surface area contributed by atoms with Crippen molar-refractivity contribution in [3.05, 3.63) is 11.8 Å².